The van der Waals surface area contributed by atoms with Gasteiger partial charge in [-0.25, -0.2) is 9.37 Å². The molecule has 1 atom stereocenters. The van der Waals surface area contributed by atoms with Gasteiger partial charge < -0.3 is 9.80 Å². The molecule has 1 amide bonds. The fourth-order valence-corrected chi connectivity index (χ4v) is 3.48. The molecule has 1 saturated heterocycles. The fraction of sp³-hybridized carbons (Fsp3) is 0.300. The maximum Gasteiger partial charge on any atom is 0.253 e. The average Bonchev–Trinajstić information content (AvgIpc) is 3.28. The van der Waals surface area contributed by atoms with E-state index in [4.69, 9.17) is 0 Å². The topological polar surface area (TPSA) is 41.4 Å². The first-order chi connectivity index (χ1) is 12.5. The molecule has 134 valence electrons. The van der Waals surface area contributed by atoms with Crippen LogP contribution in [0.3, 0.4) is 0 Å². The van der Waals surface area contributed by atoms with Crippen LogP contribution in [0.4, 0.5) is 4.39 Å². The van der Waals surface area contributed by atoms with E-state index in [1.807, 2.05) is 47.8 Å². The minimum absolute atomic E-state index is 0.0578. The lowest BCUT2D eigenvalue weighted by Gasteiger charge is -2.20. The highest BCUT2D eigenvalue weighted by Gasteiger charge is 2.27. The Kier molecular flexibility index (Phi) is 4.20. The van der Waals surface area contributed by atoms with Gasteiger partial charge in [-0.1, -0.05) is 0 Å². The number of carbonyl (C=O) groups excluding carboxylic acids is 1. The van der Waals surface area contributed by atoms with Crippen LogP contribution in [0.2, 0.25) is 0 Å². The number of likely N-dealkylation sites (N-methyl/N-ethyl adjacent to an activating group) is 1. The monoisotopic (exact) mass is 352 g/mol. The second-order valence-electron chi connectivity index (χ2n) is 6.95. The molecule has 0 aliphatic carbocycles. The smallest absolute Gasteiger partial charge is 0.253 e. The van der Waals surface area contributed by atoms with E-state index in [0.29, 0.717) is 17.1 Å². The van der Waals surface area contributed by atoms with Crippen molar-refractivity contribution in [3.63, 3.8) is 0 Å². The summed E-state index contributed by atoms with van der Waals surface area (Å²) in [6, 6.07) is 12.3. The molecular formula is C20H21FN4O. The SMILES string of the molecule is CN(C)C1CCN(C(=O)c2ccc(-n3cnc4ccc(F)cc43)cc2)C1. The Hall–Kier alpha value is -2.73. The van der Waals surface area contributed by atoms with E-state index in [-0.39, 0.29) is 11.7 Å². The lowest BCUT2D eigenvalue weighted by atomic mass is 10.1. The Morgan fingerprint density at radius 2 is 1.96 bits per heavy atom. The van der Waals surface area contributed by atoms with Gasteiger partial charge in [-0.3, -0.25) is 9.36 Å². The van der Waals surface area contributed by atoms with Gasteiger partial charge in [0.25, 0.3) is 5.91 Å². The molecule has 5 nitrogen and oxygen atoms in total. The van der Waals surface area contributed by atoms with Crippen molar-refractivity contribution in [1.82, 2.24) is 19.4 Å². The number of hydrogen-bond acceptors (Lipinski definition) is 3. The van der Waals surface area contributed by atoms with E-state index in [1.54, 1.807) is 12.4 Å². The van der Waals surface area contributed by atoms with Crippen molar-refractivity contribution in [3.05, 3.63) is 60.2 Å². The van der Waals surface area contributed by atoms with Gasteiger partial charge in [0.2, 0.25) is 0 Å². The molecular weight excluding hydrogens is 331 g/mol. The Balaban J connectivity index is 1.57. The minimum Gasteiger partial charge on any atom is -0.337 e. The lowest BCUT2D eigenvalue weighted by molar-refractivity contribution is 0.0783. The molecule has 4 rings (SSSR count). The number of rotatable bonds is 3. The number of hydrogen-bond donors (Lipinski definition) is 0. The number of imidazole rings is 1. The predicted octanol–water partition coefficient (Wildman–Crippen LogP) is 2.94. The van der Waals surface area contributed by atoms with Crippen molar-refractivity contribution >= 4 is 16.9 Å². The largest absolute Gasteiger partial charge is 0.337 e. The van der Waals surface area contributed by atoms with Gasteiger partial charge in [-0.05, 0) is 56.9 Å². The number of carbonyl (C=O) groups is 1. The highest BCUT2D eigenvalue weighted by Crippen LogP contribution is 2.21. The number of fused-ring (bicyclic) bond motifs is 1. The highest BCUT2D eigenvalue weighted by atomic mass is 19.1. The van der Waals surface area contributed by atoms with Gasteiger partial charge in [0.15, 0.2) is 0 Å². The summed E-state index contributed by atoms with van der Waals surface area (Å²) < 4.78 is 15.4. The Morgan fingerprint density at radius 1 is 1.19 bits per heavy atom. The number of amides is 1. The molecule has 1 aliphatic rings. The van der Waals surface area contributed by atoms with Crippen molar-refractivity contribution in [2.75, 3.05) is 27.2 Å². The number of nitrogens with zero attached hydrogens (tertiary/aromatic N) is 4. The summed E-state index contributed by atoms with van der Waals surface area (Å²) in [4.78, 5) is 21.1. The van der Waals surface area contributed by atoms with Crippen molar-refractivity contribution in [2.45, 2.75) is 12.5 Å². The predicted molar refractivity (Wildman–Crippen MR) is 99.0 cm³/mol. The molecule has 3 aromatic rings. The molecule has 0 N–H and O–H groups in total. The van der Waals surface area contributed by atoms with Crippen molar-refractivity contribution in [2.24, 2.45) is 0 Å². The Labute approximate surface area is 151 Å². The Bertz CT molecular complexity index is 948. The van der Waals surface area contributed by atoms with Gasteiger partial charge in [0.05, 0.1) is 11.0 Å². The quantitative estimate of drug-likeness (QED) is 0.728. The van der Waals surface area contributed by atoms with E-state index in [2.05, 4.69) is 9.88 Å². The van der Waals surface area contributed by atoms with Crippen molar-refractivity contribution in [3.8, 4) is 5.69 Å². The van der Waals surface area contributed by atoms with Gasteiger partial charge in [0.1, 0.15) is 12.1 Å². The van der Waals surface area contributed by atoms with Crippen LogP contribution < -0.4 is 0 Å². The summed E-state index contributed by atoms with van der Waals surface area (Å²) in [7, 11) is 4.09. The summed E-state index contributed by atoms with van der Waals surface area (Å²) in [6.07, 6.45) is 2.67. The van der Waals surface area contributed by atoms with Crippen LogP contribution in [0.25, 0.3) is 16.7 Å². The van der Waals surface area contributed by atoms with Crippen LogP contribution in [0.15, 0.2) is 48.8 Å². The first-order valence-corrected chi connectivity index (χ1v) is 8.71. The molecule has 26 heavy (non-hydrogen) atoms. The van der Waals surface area contributed by atoms with Crippen LogP contribution >= 0.6 is 0 Å². The molecule has 1 fully saturated rings. The second-order valence-corrected chi connectivity index (χ2v) is 6.95. The summed E-state index contributed by atoms with van der Waals surface area (Å²) in [6.45, 7) is 1.55. The molecule has 0 saturated carbocycles. The summed E-state index contributed by atoms with van der Waals surface area (Å²) in [5.41, 5.74) is 2.96. The fourth-order valence-electron chi connectivity index (χ4n) is 3.48. The van der Waals surface area contributed by atoms with Crippen molar-refractivity contribution in [1.29, 1.82) is 0 Å². The normalized spacial score (nSPS) is 17.4. The number of aromatic nitrogens is 2. The third-order valence-corrected chi connectivity index (χ3v) is 5.08. The summed E-state index contributed by atoms with van der Waals surface area (Å²) >= 11 is 0. The van der Waals surface area contributed by atoms with Gasteiger partial charge >= 0.3 is 0 Å². The lowest BCUT2D eigenvalue weighted by Crippen LogP contribution is -2.34. The summed E-state index contributed by atoms with van der Waals surface area (Å²) in [5.74, 6) is -0.238. The minimum atomic E-state index is -0.296. The van der Waals surface area contributed by atoms with E-state index in [9.17, 15) is 9.18 Å². The Morgan fingerprint density at radius 3 is 2.65 bits per heavy atom. The van der Waals surface area contributed by atoms with Crippen LogP contribution in [0, 0.1) is 5.82 Å². The van der Waals surface area contributed by atoms with E-state index >= 15 is 0 Å². The van der Waals surface area contributed by atoms with Crippen molar-refractivity contribution < 1.29 is 9.18 Å². The summed E-state index contributed by atoms with van der Waals surface area (Å²) in [5, 5.41) is 0. The zero-order chi connectivity index (χ0) is 18.3. The number of likely N-dealkylation sites (tertiary alicyclic amines) is 1. The molecule has 1 unspecified atom stereocenters. The molecule has 0 bridgehead atoms. The molecule has 0 spiro atoms. The molecule has 2 aromatic carbocycles. The maximum absolute atomic E-state index is 13.5. The molecule has 0 radical (unpaired) electrons. The van der Waals surface area contributed by atoms with Crippen LogP contribution in [0.1, 0.15) is 16.8 Å². The van der Waals surface area contributed by atoms with E-state index < -0.39 is 0 Å². The third kappa shape index (κ3) is 2.97. The molecule has 1 aliphatic heterocycles. The van der Waals surface area contributed by atoms with Crippen LogP contribution in [-0.4, -0.2) is 58.5 Å². The van der Waals surface area contributed by atoms with Gasteiger partial charge in [-0.2, -0.15) is 0 Å². The molecule has 1 aromatic heterocycles. The first kappa shape index (κ1) is 16.7. The molecule has 6 heteroatoms. The number of halogens is 1. The zero-order valence-electron chi connectivity index (χ0n) is 14.9. The van der Waals surface area contributed by atoms with E-state index in [1.165, 1.54) is 12.1 Å². The third-order valence-electron chi connectivity index (χ3n) is 5.08. The maximum atomic E-state index is 13.5. The number of benzene rings is 2. The average molecular weight is 352 g/mol. The second kappa shape index (κ2) is 6.53. The molecule has 2 heterocycles. The standard InChI is InChI=1S/C20H21FN4O/c1-23(2)17-9-10-24(12-17)20(26)14-3-6-16(7-4-14)25-13-22-18-8-5-15(21)11-19(18)25/h3-8,11,13,17H,9-10,12H2,1-2H3. The highest BCUT2D eigenvalue weighted by molar-refractivity contribution is 5.94. The van der Waals surface area contributed by atoms with Crippen LogP contribution in [-0.2, 0) is 0 Å². The van der Waals surface area contributed by atoms with Gasteiger partial charge in [-0.15, -0.1) is 0 Å². The van der Waals surface area contributed by atoms with Gasteiger partial charge in [0, 0.05) is 36.4 Å². The van der Waals surface area contributed by atoms with Crippen LogP contribution in [0.5, 0.6) is 0 Å². The van der Waals surface area contributed by atoms with E-state index in [0.717, 1.165) is 30.7 Å². The zero-order valence-corrected chi connectivity index (χ0v) is 14.9. The first-order valence-electron chi connectivity index (χ1n) is 8.71.